The third kappa shape index (κ3) is 3.61. The van der Waals surface area contributed by atoms with Crippen LogP contribution in [0.25, 0.3) is 0 Å². The maximum Gasteiger partial charge on any atom is 0.322 e. The summed E-state index contributed by atoms with van der Waals surface area (Å²) in [7, 11) is 1.42. The first-order chi connectivity index (χ1) is 14.3. The van der Waals surface area contributed by atoms with E-state index in [9.17, 15) is 18.4 Å². The number of nitrogens with zero attached hydrogens (tertiary/aromatic N) is 4. The van der Waals surface area contributed by atoms with Gasteiger partial charge in [0.1, 0.15) is 24.3 Å². The minimum Gasteiger partial charge on any atom is -0.317 e. The topological polar surface area (TPSA) is 79.7 Å². The Morgan fingerprint density at radius 2 is 2.20 bits per heavy atom. The quantitative estimate of drug-likeness (QED) is 0.780. The molecule has 0 fully saturated rings. The molecule has 1 N–H and O–H groups in total. The maximum absolute atomic E-state index is 13.4. The van der Waals surface area contributed by atoms with Crippen molar-refractivity contribution < 1.29 is 23.2 Å². The number of amides is 3. The first-order valence-corrected chi connectivity index (χ1v) is 9.78. The molecule has 3 amide bonds. The maximum atomic E-state index is 13.4. The van der Waals surface area contributed by atoms with Gasteiger partial charge in [-0.15, -0.1) is 0 Å². The molecule has 8 nitrogen and oxygen atoms in total. The Hall–Kier alpha value is -2.72. The molecule has 11 heteroatoms. The molecular weight excluding hydrogens is 420 g/mol. The highest BCUT2D eigenvalue weighted by Gasteiger charge is 2.37. The number of alkyl halides is 1. The highest BCUT2D eigenvalue weighted by atomic mass is 35.5. The molecule has 1 aromatic carbocycles. The van der Waals surface area contributed by atoms with Gasteiger partial charge >= 0.3 is 6.03 Å². The lowest BCUT2D eigenvalue weighted by atomic mass is 9.99. The number of hydrogen-bond donors (Lipinski definition) is 1. The predicted molar refractivity (Wildman–Crippen MR) is 104 cm³/mol. The number of halogens is 3. The largest absolute Gasteiger partial charge is 0.322 e. The van der Waals surface area contributed by atoms with Crippen LogP contribution in [-0.4, -0.2) is 57.5 Å². The van der Waals surface area contributed by atoms with Crippen LogP contribution in [0.3, 0.4) is 0 Å². The number of urea groups is 1. The van der Waals surface area contributed by atoms with Crippen LogP contribution in [0.5, 0.6) is 0 Å². The summed E-state index contributed by atoms with van der Waals surface area (Å²) in [6.45, 7) is 1.36. The van der Waals surface area contributed by atoms with Gasteiger partial charge in [0.2, 0.25) is 0 Å². The van der Waals surface area contributed by atoms with E-state index < -0.39 is 30.5 Å². The van der Waals surface area contributed by atoms with Gasteiger partial charge in [-0.25, -0.2) is 18.6 Å². The van der Waals surface area contributed by atoms with Gasteiger partial charge in [0.25, 0.3) is 5.91 Å². The van der Waals surface area contributed by atoms with E-state index in [4.69, 9.17) is 16.4 Å². The lowest BCUT2D eigenvalue weighted by molar-refractivity contribution is -0.152. The monoisotopic (exact) mass is 439 g/mol. The zero-order chi connectivity index (χ0) is 21.6. The molecule has 0 aliphatic carbocycles. The number of hydroxylamine groups is 2. The minimum absolute atomic E-state index is 0.0974. The van der Waals surface area contributed by atoms with E-state index in [2.05, 4.69) is 10.4 Å². The van der Waals surface area contributed by atoms with Crippen LogP contribution in [0.2, 0.25) is 5.02 Å². The van der Waals surface area contributed by atoms with Crippen molar-refractivity contribution in [3.8, 4) is 0 Å². The van der Waals surface area contributed by atoms with E-state index >= 15 is 0 Å². The van der Waals surface area contributed by atoms with E-state index in [1.807, 2.05) is 6.92 Å². The molecular formula is C19H20ClF2N5O3. The molecule has 1 unspecified atom stereocenters. The van der Waals surface area contributed by atoms with E-state index in [0.717, 1.165) is 5.06 Å². The Bertz CT molecular complexity index is 1010. The van der Waals surface area contributed by atoms with Crippen molar-refractivity contribution in [1.29, 1.82) is 0 Å². The first kappa shape index (κ1) is 20.5. The number of hydrogen-bond acceptors (Lipinski definition) is 4. The van der Waals surface area contributed by atoms with Crippen molar-refractivity contribution in [3.63, 3.8) is 0 Å². The predicted octanol–water partition coefficient (Wildman–Crippen LogP) is 3.01. The van der Waals surface area contributed by atoms with Crippen LogP contribution in [0.4, 0.5) is 19.3 Å². The fourth-order valence-electron chi connectivity index (χ4n) is 3.73. The van der Waals surface area contributed by atoms with Crippen LogP contribution in [-0.2, 0) is 24.3 Å². The second-order valence-corrected chi connectivity index (χ2v) is 7.79. The van der Waals surface area contributed by atoms with Gasteiger partial charge < -0.3 is 10.2 Å². The summed E-state index contributed by atoms with van der Waals surface area (Å²) < 4.78 is 28.1. The minimum atomic E-state index is -0.818. The van der Waals surface area contributed by atoms with Crippen LogP contribution in [0, 0.1) is 5.82 Å². The van der Waals surface area contributed by atoms with Crippen molar-refractivity contribution in [3.05, 3.63) is 46.0 Å². The average molecular weight is 440 g/mol. The molecule has 0 bridgehead atoms. The zero-order valence-corrected chi connectivity index (χ0v) is 17.1. The average Bonchev–Trinajstić information content (AvgIpc) is 2.99. The Balaban J connectivity index is 1.61. The lowest BCUT2D eigenvalue weighted by Crippen LogP contribution is -2.45. The SMILES string of the molecule is C[C@@H]1Cc2nn3c(c2CN1C(=O)Nc1ccc(F)c(Cl)c1)C(=O)N(C)OC(CF)C3. The van der Waals surface area contributed by atoms with Crippen molar-refractivity contribution in [2.45, 2.75) is 38.6 Å². The Morgan fingerprint density at radius 1 is 1.43 bits per heavy atom. The molecule has 2 aliphatic rings. The molecule has 0 saturated carbocycles. The number of fused-ring (bicyclic) bond motifs is 3. The highest BCUT2D eigenvalue weighted by Crippen LogP contribution is 2.29. The number of rotatable bonds is 2. The number of aromatic nitrogens is 2. The van der Waals surface area contributed by atoms with Gasteiger partial charge in [-0.1, -0.05) is 11.6 Å². The van der Waals surface area contributed by atoms with E-state index in [1.165, 1.54) is 29.9 Å². The van der Waals surface area contributed by atoms with Crippen molar-refractivity contribution in [2.75, 3.05) is 19.0 Å². The zero-order valence-electron chi connectivity index (χ0n) is 16.4. The van der Waals surface area contributed by atoms with Gasteiger partial charge in [0.05, 0.1) is 23.8 Å². The molecule has 0 spiro atoms. The normalized spacial score (nSPS) is 21.2. The van der Waals surface area contributed by atoms with E-state index in [-0.39, 0.29) is 29.8 Å². The van der Waals surface area contributed by atoms with Crippen molar-refractivity contribution in [1.82, 2.24) is 19.7 Å². The summed E-state index contributed by atoms with van der Waals surface area (Å²) in [5, 5.41) is 8.10. The van der Waals surface area contributed by atoms with E-state index in [0.29, 0.717) is 23.4 Å². The molecule has 2 aliphatic heterocycles. The van der Waals surface area contributed by atoms with Crippen LogP contribution >= 0.6 is 11.6 Å². The Morgan fingerprint density at radius 3 is 2.90 bits per heavy atom. The molecule has 0 saturated heterocycles. The summed E-state index contributed by atoms with van der Waals surface area (Å²) in [6, 6.07) is 3.30. The first-order valence-electron chi connectivity index (χ1n) is 9.40. The molecule has 1 aromatic heterocycles. The summed E-state index contributed by atoms with van der Waals surface area (Å²) in [4.78, 5) is 32.5. The summed E-state index contributed by atoms with van der Waals surface area (Å²) >= 11 is 5.78. The van der Waals surface area contributed by atoms with Crippen LogP contribution in [0.1, 0.15) is 28.7 Å². The number of nitrogens with one attached hydrogen (secondary N) is 1. The highest BCUT2D eigenvalue weighted by molar-refractivity contribution is 6.31. The second kappa shape index (κ2) is 7.84. The summed E-state index contributed by atoms with van der Waals surface area (Å²) in [6.07, 6.45) is -0.382. The molecule has 0 radical (unpaired) electrons. The lowest BCUT2D eigenvalue weighted by Gasteiger charge is -2.33. The number of carbonyl (C=O) groups excluding carboxylic acids is 2. The molecule has 30 heavy (non-hydrogen) atoms. The smallest absolute Gasteiger partial charge is 0.317 e. The van der Waals surface area contributed by atoms with Gasteiger partial charge in [0.15, 0.2) is 0 Å². The third-order valence-electron chi connectivity index (χ3n) is 5.26. The van der Waals surface area contributed by atoms with Crippen LogP contribution in [0.15, 0.2) is 18.2 Å². The fraction of sp³-hybridized carbons (Fsp3) is 0.421. The van der Waals surface area contributed by atoms with Gasteiger partial charge in [-0.2, -0.15) is 5.10 Å². The number of benzene rings is 1. The summed E-state index contributed by atoms with van der Waals surface area (Å²) in [5.41, 5.74) is 1.96. The van der Waals surface area contributed by atoms with Crippen molar-refractivity contribution >= 4 is 29.2 Å². The van der Waals surface area contributed by atoms with Gasteiger partial charge in [0, 0.05) is 30.8 Å². The number of anilines is 1. The number of carbonyl (C=O) groups is 2. The molecule has 2 atom stereocenters. The van der Waals surface area contributed by atoms with Crippen LogP contribution < -0.4 is 5.32 Å². The summed E-state index contributed by atoms with van der Waals surface area (Å²) in [5.74, 6) is -1.02. The molecule has 4 rings (SSSR count). The Labute approximate surface area is 176 Å². The van der Waals surface area contributed by atoms with Crippen molar-refractivity contribution in [2.24, 2.45) is 0 Å². The third-order valence-corrected chi connectivity index (χ3v) is 5.55. The van der Waals surface area contributed by atoms with Gasteiger partial charge in [-0.05, 0) is 25.1 Å². The standard InChI is InChI=1S/C19H20ClF2N5O3/c1-10-5-16-13(17-18(28)25(2)30-12(7-21)8-27(17)24-16)9-26(10)19(29)23-11-3-4-15(22)14(20)6-11/h3-4,6,10,12H,5,7-9H2,1-2H3,(H,23,29)/t10-,12?/m1/s1. The molecule has 2 aromatic rings. The fourth-order valence-corrected chi connectivity index (χ4v) is 3.91. The molecule has 3 heterocycles. The van der Waals surface area contributed by atoms with Gasteiger partial charge in [-0.3, -0.25) is 14.3 Å². The molecule has 160 valence electrons. The van der Waals surface area contributed by atoms with E-state index in [1.54, 1.807) is 4.90 Å². The Kier molecular flexibility index (Phi) is 5.37. The second-order valence-electron chi connectivity index (χ2n) is 7.38.